The van der Waals surface area contributed by atoms with Gasteiger partial charge in [-0.25, -0.2) is 4.98 Å². The summed E-state index contributed by atoms with van der Waals surface area (Å²) in [5, 5.41) is 2.76. The molecule has 1 N–H and O–H groups in total. The van der Waals surface area contributed by atoms with Gasteiger partial charge >= 0.3 is 0 Å². The number of amides is 1. The number of hydrogen-bond donors (Lipinski definition) is 1. The van der Waals surface area contributed by atoms with Gasteiger partial charge in [0.15, 0.2) is 11.5 Å². The molecule has 0 saturated heterocycles. The summed E-state index contributed by atoms with van der Waals surface area (Å²) in [7, 11) is 3.13. The number of rotatable bonds is 6. The maximum absolute atomic E-state index is 11.9. The van der Waals surface area contributed by atoms with Gasteiger partial charge in [-0.2, -0.15) is 0 Å². The van der Waals surface area contributed by atoms with Gasteiger partial charge in [-0.3, -0.25) is 4.79 Å². The van der Waals surface area contributed by atoms with Crippen LogP contribution in [-0.4, -0.2) is 25.1 Å². The summed E-state index contributed by atoms with van der Waals surface area (Å²) < 4.78 is 15.7. The van der Waals surface area contributed by atoms with Gasteiger partial charge in [-0.15, -0.1) is 0 Å². The van der Waals surface area contributed by atoms with Crippen molar-refractivity contribution >= 4 is 5.91 Å². The van der Waals surface area contributed by atoms with Crippen LogP contribution in [0, 0.1) is 6.92 Å². The van der Waals surface area contributed by atoms with Crippen molar-refractivity contribution < 1.29 is 18.7 Å². The summed E-state index contributed by atoms with van der Waals surface area (Å²) in [6.45, 7) is 2.09. The van der Waals surface area contributed by atoms with Gasteiger partial charge in [0.25, 0.3) is 0 Å². The van der Waals surface area contributed by atoms with Gasteiger partial charge < -0.3 is 19.2 Å². The van der Waals surface area contributed by atoms with Crippen LogP contribution in [0.5, 0.6) is 11.5 Å². The molecule has 6 heteroatoms. The lowest BCUT2D eigenvalue weighted by Gasteiger charge is -2.09. The minimum Gasteiger partial charge on any atom is -0.493 e. The molecule has 1 aromatic heterocycles. The fraction of sp³-hybridized carbons (Fsp3) is 0.333. The third-order valence-corrected chi connectivity index (χ3v) is 2.92. The molecule has 0 bridgehead atoms. The highest BCUT2D eigenvalue weighted by molar-refractivity contribution is 5.78. The van der Waals surface area contributed by atoms with Crippen LogP contribution in [0.15, 0.2) is 28.8 Å². The summed E-state index contributed by atoms with van der Waals surface area (Å²) in [4.78, 5) is 15.9. The van der Waals surface area contributed by atoms with E-state index in [0.29, 0.717) is 17.4 Å². The number of methoxy groups -OCH3 is 2. The molecule has 0 spiro atoms. The topological polar surface area (TPSA) is 73.6 Å². The van der Waals surface area contributed by atoms with E-state index in [4.69, 9.17) is 13.9 Å². The number of benzene rings is 1. The van der Waals surface area contributed by atoms with Crippen LogP contribution in [0.3, 0.4) is 0 Å². The molecule has 112 valence electrons. The minimum atomic E-state index is -0.113. The van der Waals surface area contributed by atoms with Gasteiger partial charge in [0.05, 0.1) is 33.4 Å². The van der Waals surface area contributed by atoms with Gasteiger partial charge in [0, 0.05) is 0 Å². The number of hydrogen-bond acceptors (Lipinski definition) is 5. The number of ether oxygens (including phenoxy) is 2. The van der Waals surface area contributed by atoms with E-state index in [1.54, 1.807) is 32.5 Å². The standard InChI is InChI=1S/C15H18N2O4/c1-10-8-17-15(21-10)9-16-14(18)7-11-4-5-12(19-2)13(6-11)20-3/h4-6,8H,7,9H2,1-3H3,(H,16,18). The lowest BCUT2D eigenvalue weighted by atomic mass is 10.1. The lowest BCUT2D eigenvalue weighted by molar-refractivity contribution is -0.120. The molecule has 21 heavy (non-hydrogen) atoms. The smallest absolute Gasteiger partial charge is 0.224 e. The van der Waals surface area contributed by atoms with Crippen LogP contribution in [0.25, 0.3) is 0 Å². The first kappa shape index (κ1) is 14.9. The normalized spacial score (nSPS) is 10.2. The zero-order valence-electron chi connectivity index (χ0n) is 12.3. The second-order valence-electron chi connectivity index (χ2n) is 4.51. The van der Waals surface area contributed by atoms with E-state index in [2.05, 4.69) is 10.3 Å². The molecular weight excluding hydrogens is 272 g/mol. The Morgan fingerprint density at radius 1 is 1.29 bits per heavy atom. The van der Waals surface area contributed by atoms with E-state index >= 15 is 0 Å². The van der Waals surface area contributed by atoms with Crippen LogP contribution in [0.1, 0.15) is 17.2 Å². The Labute approximate surface area is 123 Å². The van der Waals surface area contributed by atoms with Crippen LogP contribution in [0.2, 0.25) is 0 Å². The molecule has 2 aromatic rings. The molecule has 0 atom stereocenters. The summed E-state index contributed by atoms with van der Waals surface area (Å²) >= 11 is 0. The molecule has 1 heterocycles. The highest BCUT2D eigenvalue weighted by Gasteiger charge is 2.09. The van der Waals surface area contributed by atoms with Crippen LogP contribution in [0.4, 0.5) is 0 Å². The Morgan fingerprint density at radius 2 is 2.05 bits per heavy atom. The molecule has 6 nitrogen and oxygen atoms in total. The molecule has 0 radical (unpaired) electrons. The maximum Gasteiger partial charge on any atom is 0.224 e. The fourth-order valence-corrected chi connectivity index (χ4v) is 1.90. The molecule has 0 saturated carbocycles. The molecule has 1 amide bonds. The molecule has 0 unspecified atom stereocenters. The van der Waals surface area contributed by atoms with E-state index in [-0.39, 0.29) is 18.9 Å². The zero-order valence-corrected chi connectivity index (χ0v) is 12.3. The van der Waals surface area contributed by atoms with Crippen molar-refractivity contribution in [2.75, 3.05) is 14.2 Å². The largest absolute Gasteiger partial charge is 0.493 e. The quantitative estimate of drug-likeness (QED) is 0.879. The monoisotopic (exact) mass is 290 g/mol. The van der Waals surface area contributed by atoms with Crippen molar-refractivity contribution in [1.29, 1.82) is 0 Å². The van der Waals surface area contributed by atoms with Gasteiger partial charge in [0.2, 0.25) is 11.8 Å². The van der Waals surface area contributed by atoms with Crippen LogP contribution < -0.4 is 14.8 Å². The van der Waals surface area contributed by atoms with Crippen molar-refractivity contribution in [3.63, 3.8) is 0 Å². The summed E-state index contributed by atoms with van der Waals surface area (Å²) in [6, 6.07) is 5.39. The van der Waals surface area contributed by atoms with E-state index < -0.39 is 0 Å². The van der Waals surface area contributed by atoms with Crippen molar-refractivity contribution in [3.8, 4) is 11.5 Å². The Kier molecular flexibility index (Phi) is 4.81. The zero-order chi connectivity index (χ0) is 15.2. The Morgan fingerprint density at radius 3 is 2.67 bits per heavy atom. The number of oxazole rings is 1. The van der Waals surface area contributed by atoms with Crippen molar-refractivity contribution in [2.45, 2.75) is 19.9 Å². The first-order chi connectivity index (χ1) is 10.1. The van der Waals surface area contributed by atoms with E-state index in [9.17, 15) is 4.79 Å². The third kappa shape index (κ3) is 3.98. The molecule has 0 aliphatic heterocycles. The highest BCUT2D eigenvalue weighted by Crippen LogP contribution is 2.27. The number of aromatic nitrogens is 1. The van der Waals surface area contributed by atoms with E-state index in [0.717, 1.165) is 11.3 Å². The molecule has 1 aromatic carbocycles. The van der Waals surface area contributed by atoms with E-state index in [1.807, 2.05) is 13.0 Å². The number of carbonyl (C=O) groups excluding carboxylic acids is 1. The summed E-state index contributed by atoms with van der Waals surface area (Å²) in [5.41, 5.74) is 0.841. The highest BCUT2D eigenvalue weighted by atomic mass is 16.5. The van der Waals surface area contributed by atoms with Crippen molar-refractivity contribution in [3.05, 3.63) is 41.6 Å². The molecule has 2 rings (SSSR count). The number of aryl methyl sites for hydroxylation is 1. The second-order valence-corrected chi connectivity index (χ2v) is 4.51. The SMILES string of the molecule is COc1ccc(CC(=O)NCc2ncc(C)o2)cc1OC. The van der Waals surface area contributed by atoms with Gasteiger partial charge in [0.1, 0.15) is 5.76 Å². The Bertz CT molecular complexity index is 622. The van der Waals surface area contributed by atoms with Gasteiger partial charge in [-0.1, -0.05) is 6.07 Å². The number of nitrogens with zero attached hydrogens (tertiary/aromatic N) is 1. The number of nitrogens with one attached hydrogen (secondary N) is 1. The Balaban J connectivity index is 1.93. The Hall–Kier alpha value is -2.50. The molecular formula is C15H18N2O4. The molecule has 0 aliphatic rings. The van der Waals surface area contributed by atoms with Gasteiger partial charge in [-0.05, 0) is 24.6 Å². The molecule has 0 fully saturated rings. The summed E-state index contributed by atoms with van der Waals surface area (Å²) in [6.07, 6.45) is 1.87. The third-order valence-electron chi connectivity index (χ3n) is 2.92. The fourth-order valence-electron chi connectivity index (χ4n) is 1.90. The average molecular weight is 290 g/mol. The van der Waals surface area contributed by atoms with E-state index in [1.165, 1.54) is 0 Å². The predicted molar refractivity (Wildman–Crippen MR) is 76.3 cm³/mol. The first-order valence-electron chi connectivity index (χ1n) is 6.51. The summed E-state index contributed by atoms with van der Waals surface area (Å²) in [5.74, 6) is 2.34. The lowest BCUT2D eigenvalue weighted by Crippen LogP contribution is -2.24. The van der Waals surface area contributed by atoms with Crippen molar-refractivity contribution in [1.82, 2.24) is 10.3 Å². The minimum absolute atomic E-state index is 0.113. The van der Waals surface area contributed by atoms with Crippen molar-refractivity contribution in [2.24, 2.45) is 0 Å². The molecule has 0 aliphatic carbocycles. The predicted octanol–water partition coefficient (Wildman–Crippen LogP) is 1.86. The second kappa shape index (κ2) is 6.78. The van der Waals surface area contributed by atoms with Crippen LogP contribution >= 0.6 is 0 Å². The van der Waals surface area contributed by atoms with Crippen LogP contribution in [-0.2, 0) is 17.8 Å². The number of carbonyl (C=O) groups is 1. The average Bonchev–Trinajstić information content (AvgIpc) is 2.90. The first-order valence-corrected chi connectivity index (χ1v) is 6.51. The maximum atomic E-state index is 11.9.